The van der Waals surface area contributed by atoms with Crippen LogP contribution in [0.5, 0.6) is 0 Å². The maximum absolute atomic E-state index is 11.8. The number of esters is 2. The molecule has 0 aliphatic heterocycles. The maximum Gasteiger partial charge on any atom is 0.305 e. The Hall–Kier alpha value is -1.06. The zero-order valence-electron chi connectivity index (χ0n) is 36.7. The quantitative estimate of drug-likeness (QED) is 0.0464. The largest absolute Gasteiger partial charge is 0.465 e. The minimum Gasteiger partial charge on any atom is -0.465 e. The van der Waals surface area contributed by atoms with E-state index in [-0.39, 0.29) is 11.9 Å². The van der Waals surface area contributed by atoms with E-state index >= 15 is 0 Å². The van der Waals surface area contributed by atoms with E-state index in [1.807, 2.05) is 0 Å². The van der Waals surface area contributed by atoms with Crippen molar-refractivity contribution in [1.29, 1.82) is 0 Å². The Morgan fingerprint density at radius 1 is 0.327 bits per heavy atom. The van der Waals surface area contributed by atoms with E-state index in [9.17, 15) is 9.59 Å². The van der Waals surface area contributed by atoms with Crippen molar-refractivity contribution in [3.05, 3.63) is 0 Å². The van der Waals surface area contributed by atoms with Gasteiger partial charge in [0.25, 0.3) is 0 Å². The van der Waals surface area contributed by atoms with E-state index in [0.717, 1.165) is 25.7 Å². The molecule has 0 aromatic heterocycles. The Bertz CT molecular complexity index is 634. The first-order chi connectivity index (χ1) is 25.5. The van der Waals surface area contributed by atoms with Gasteiger partial charge in [-0.15, -0.1) is 0 Å². The molecule has 0 spiro atoms. The molecule has 0 saturated carbocycles. The summed E-state index contributed by atoms with van der Waals surface area (Å²) >= 11 is 0. The molecule has 0 rings (SSSR count). The summed E-state index contributed by atoms with van der Waals surface area (Å²) in [5, 5.41) is 0. The molecule has 0 saturated heterocycles. The van der Waals surface area contributed by atoms with Gasteiger partial charge in [0.1, 0.15) is 0 Å². The lowest BCUT2D eigenvalue weighted by Gasteiger charge is -2.14. The second-order valence-corrected chi connectivity index (χ2v) is 16.2. The molecule has 0 amide bonds. The molecule has 4 heteroatoms. The third kappa shape index (κ3) is 43.3. The highest BCUT2D eigenvalue weighted by Crippen LogP contribution is 2.17. The molecule has 0 aliphatic carbocycles. The standard InChI is InChI=1S/2C24H48O2/c2*1-4-7-9-10-11-12-13-14-15-16-17-18-19-21-24(25)26-22-23(6-3)20-8-5-2/h2*23H,4-22H2,1-3H3. The van der Waals surface area contributed by atoms with Crippen molar-refractivity contribution < 1.29 is 19.1 Å². The van der Waals surface area contributed by atoms with Gasteiger partial charge in [-0.2, -0.15) is 0 Å². The van der Waals surface area contributed by atoms with Crippen LogP contribution >= 0.6 is 0 Å². The summed E-state index contributed by atoms with van der Waals surface area (Å²) in [6.45, 7) is 14.6. The van der Waals surface area contributed by atoms with Crippen LogP contribution in [-0.4, -0.2) is 25.2 Å². The second kappa shape index (κ2) is 46.1. The highest BCUT2D eigenvalue weighted by atomic mass is 16.5. The minimum absolute atomic E-state index is 0.0167. The molecule has 2 atom stereocenters. The molecule has 2 unspecified atom stereocenters. The molecular formula is C48H96O4. The normalized spacial score (nSPS) is 12.3. The molecule has 0 bridgehead atoms. The van der Waals surface area contributed by atoms with E-state index < -0.39 is 0 Å². The number of ether oxygens (including phenoxy) is 2. The molecule has 0 fully saturated rings. The number of carbonyl (C=O) groups is 2. The Morgan fingerprint density at radius 3 is 0.788 bits per heavy atom. The van der Waals surface area contributed by atoms with Crippen LogP contribution < -0.4 is 0 Å². The van der Waals surface area contributed by atoms with Crippen molar-refractivity contribution in [2.75, 3.05) is 13.2 Å². The number of hydrogen-bond acceptors (Lipinski definition) is 4. The van der Waals surface area contributed by atoms with Gasteiger partial charge in [0.05, 0.1) is 13.2 Å². The van der Waals surface area contributed by atoms with E-state index in [4.69, 9.17) is 9.47 Å². The highest BCUT2D eigenvalue weighted by Gasteiger charge is 2.11. The van der Waals surface area contributed by atoms with Crippen LogP contribution in [-0.2, 0) is 19.1 Å². The molecule has 0 aromatic rings. The van der Waals surface area contributed by atoms with Gasteiger partial charge in [0, 0.05) is 12.8 Å². The van der Waals surface area contributed by atoms with Crippen LogP contribution in [0.3, 0.4) is 0 Å². The molecule has 0 N–H and O–H groups in total. The van der Waals surface area contributed by atoms with E-state index in [1.165, 1.54) is 193 Å². The van der Waals surface area contributed by atoms with Crippen LogP contribution in [0.15, 0.2) is 0 Å². The van der Waals surface area contributed by atoms with Crippen LogP contribution in [0.4, 0.5) is 0 Å². The Morgan fingerprint density at radius 2 is 0.558 bits per heavy atom. The van der Waals surface area contributed by atoms with Gasteiger partial charge in [-0.25, -0.2) is 0 Å². The number of rotatable bonds is 40. The lowest BCUT2D eigenvalue weighted by molar-refractivity contribution is -0.146. The Labute approximate surface area is 327 Å². The van der Waals surface area contributed by atoms with Crippen LogP contribution in [0.1, 0.15) is 273 Å². The van der Waals surface area contributed by atoms with E-state index in [0.29, 0.717) is 37.9 Å². The topological polar surface area (TPSA) is 52.6 Å². The molecule has 0 radical (unpaired) electrons. The maximum atomic E-state index is 11.8. The fourth-order valence-corrected chi connectivity index (χ4v) is 6.94. The van der Waals surface area contributed by atoms with Crippen molar-refractivity contribution in [2.45, 2.75) is 273 Å². The summed E-state index contributed by atoms with van der Waals surface area (Å²) in [6, 6.07) is 0. The predicted molar refractivity (Wildman–Crippen MR) is 229 cm³/mol. The zero-order valence-corrected chi connectivity index (χ0v) is 36.7. The van der Waals surface area contributed by atoms with Crippen molar-refractivity contribution in [3.8, 4) is 0 Å². The van der Waals surface area contributed by atoms with E-state index in [2.05, 4.69) is 41.5 Å². The first-order valence-corrected chi connectivity index (χ1v) is 23.8. The molecule has 52 heavy (non-hydrogen) atoms. The Balaban J connectivity index is 0. The smallest absolute Gasteiger partial charge is 0.305 e. The monoisotopic (exact) mass is 737 g/mol. The number of unbranched alkanes of at least 4 members (excludes halogenated alkanes) is 26. The van der Waals surface area contributed by atoms with Gasteiger partial charge < -0.3 is 9.47 Å². The molecular weight excluding hydrogens is 641 g/mol. The molecule has 312 valence electrons. The average molecular weight is 737 g/mol. The lowest BCUT2D eigenvalue weighted by atomic mass is 10.0. The van der Waals surface area contributed by atoms with Gasteiger partial charge in [-0.1, -0.05) is 234 Å². The summed E-state index contributed by atoms with van der Waals surface area (Å²) < 4.78 is 10.9. The van der Waals surface area contributed by atoms with E-state index in [1.54, 1.807) is 0 Å². The van der Waals surface area contributed by atoms with Crippen LogP contribution in [0, 0.1) is 11.8 Å². The van der Waals surface area contributed by atoms with Gasteiger partial charge in [0.2, 0.25) is 0 Å². The molecule has 4 nitrogen and oxygen atoms in total. The average Bonchev–Trinajstić information content (AvgIpc) is 3.15. The molecule has 0 heterocycles. The van der Waals surface area contributed by atoms with Crippen molar-refractivity contribution in [1.82, 2.24) is 0 Å². The second-order valence-electron chi connectivity index (χ2n) is 16.2. The summed E-state index contributed by atoms with van der Waals surface area (Å²) in [7, 11) is 0. The summed E-state index contributed by atoms with van der Waals surface area (Å²) in [6.07, 6.45) is 45.7. The molecule has 0 aliphatic rings. The predicted octanol–water partition coefficient (Wildman–Crippen LogP) is 16.5. The van der Waals surface area contributed by atoms with Gasteiger partial charge in [-0.3, -0.25) is 9.59 Å². The third-order valence-electron chi connectivity index (χ3n) is 11.0. The highest BCUT2D eigenvalue weighted by molar-refractivity contribution is 5.69. The third-order valence-corrected chi connectivity index (χ3v) is 11.0. The summed E-state index contributed by atoms with van der Waals surface area (Å²) in [5.74, 6) is 1.15. The van der Waals surface area contributed by atoms with Gasteiger partial charge in [-0.05, 0) is 37.5 Å². The Kier molecular flexibility index (Phi) is 47.0. The summed E-state index contributed by atoms with van der Waals surface area (Å²) in [4.78, 5) is 23.6. The van der Waals surface area contributed by atoms with Gasteiger partial charge in [0.15, 0.2) is 0 Å². The fourth-order valence-electron chi connectivity index (χ4n) is 6.94. The van der Waals surface area contributed by atoms with Crippen molar-refractivity contribution in [3.63, 3.8) is 0 Å². The zero-order chi connectivity index (χ0) is 38.6. The van der Waals surface area contributed by atoms with Crippen LogP contribution in [0.25, 0.3) is 0 Å². The number of hydrogen-bond donors (Lipinski definition) is 0. The lowest BCUT2D eigenvalue weighted by Crippen LogP contribution is -2.13. The fraction of sp³-hybridized carbons (Fsp3) is 0.958. The first-order valence-electron chi connectivity index (χ1n) is 23.8. The van der Waals surface area contributed by atoms with Gasteiger partial charge >= 0.3 is 11.9 Å². The van der Waals surface area contributed by atoms with Crippen molar-refractivity contribution in [2.24, 2.45) is 11.8 Å². The minimum atomic E-state index is 0.0167. The number of carbonyl (C=O) groups excluding carboxylic acids is 2. The SMILES string of the molecule is CCCCCCCCCCCCCCCC(=O)OCC(CC)CCCC.CCCCCCCCCCCCCCCC(=O)OCC(CC)CCCC. The first kappa shape index (κ1) is 53.0. The van der Waals surface area contributed by atoms with Crippen LogP contribution in [0.2, 0.25) is 0 Å². The molecule has 0 aromatic carbocycles. The summed E-state index contributed by atoms with van der Waals surface area (Å²) in [5.41, 5.74) is 0. The van der Waals surface area contributed by atoms with Crippen molar-refractivity contribution >= 4 is 11.9 Å².